The first-order valence-corrected chi connectivity index (χ1v) is 11.8. The molecule has 1 amide bonds. The van der Waals surface area contributed by atoms with E-state index in [2.05, 4.69) is 29.2 Å². The molecule has 2 aromatic rings. The number of aromatic nitrogens is 3. The first-order chi connectivity index (χ1) is 13.7. The highest BCUT2D eigenvalue weighted by Gasteiger charge is 2.27. The molecule has 152 valence electrons. The largest absolute Gasteiger partial charge is 0.381 e. The van der Waals surface area contributed by atoms with Crippen LogP contribution in [-0.2, 0) is 6.54 Å². The van der Waals surface area contributed by atoms with Gasteiger partial charge < -0.3 is 10.2 Å². The highest BCUT2D eigenvalue weighted by molar-refractivity contribution is 7.99. The van der Waals surface area contributed by atoms with Gasteiger partial charge in [0, 0.05) is 43.4 Å². The van der Waals surface area contributed by atoms with Gasteiger partial charge in [-0.15, -0.1) is 0 Å². The molecule has 7 heteroatoms. The van der Waals surface area contributed by atoms with Crippen LogP contribution in [0.4, 0.5) is 5.69 Å². The van der Waals surface area contributed by atoms with E-state index < -0.39 is 0 Å². The van der Waals surface area contributed by atoms with E-state index in [0.717, 1.165) is 47.9 Å². The molecule has 4 rings (SSSR count). The van der Waals surface area contributed by atoms with E-state index in [1.165, 1.54) is 32.1 Å². The number of carbonyl (C=O) groups excluding carboxylic acids is 1. The Labute approximate surface area is 171 Å². The van der Waals surface area contributed by atoms with Crippen molar-refractivity contribution in [3.8, 4) is 0 Å². The van der Waals surface area contributed by atoms with Crippen LogP contribution in [0.15, 0.2) is 12.4 Å². The highest BCUT2D eigenvalue weighted by atomic mass is 32.2. The second-order valence-electron chi connectivity index (χ2n) is 7.98. The lowest BCUT2D eigenvalue weighted by Gasteiger charge is -2.31. The lowest BCUT2D eigenvalue weighted by atomic mass is 9.84. The van der Waals surface area contributed by atoms with Gasteiger partial charge in [0.05, 0.1) is 22.8 Å². The molecule has 3 heterocycles. The molecule has 1 N–H and O–H groups in total. The lowest BCUT2D eigenvalue weighted by Crippen LogP contribution is -2.38. The fourth-order valence-corrected chi connectivity index (χ4v) is 5.40. The molecule has 1 aliphatic heterocycles. The van der Waals surface area contributed by atoms with Crippen molar-refractivity contribution in [3.05, 3.63) is 18.0 Å². The molecule has 1 unspecified atom stereocenters. The number of aryl methyl sites for hydroxylation is 1. The molecule has 0 aromatic carbocycles. The van der Waals surface area contributed by atoms with Crippen molar-refractivity contribution in [2.75, 3.05) is 29.9 Å². The Balaban J connectivity index is 1.69. The van der Waals surface area contributed by atoms with Crippen LogP contribution < -0.4 is 5.32 Å². The molecular formula is C21H31N5OS. The van der Waals surface area contributed by atoms with E-state index in [9.17, 15) is 4.79 Å². The van der Waals surface area contributed by atoms with Gasteiger partial charge in [-0.05, 0) is 32.6 Å². The summed E-state index contributed by atoms with van der Waals surface area (Å²) in [6.45, 7) is 6.72. The van der Waals surface area contributed by atoms with Crippen LogP contribution >= 0.6 is 11.8 Å². The van der Waals surface area contributed by atoms with E-state index >= 15 is 0 Å². The van der Waals surface area contributed by atoms with Gasteiger partial charge in [-0.3, -0.25) is 4.79 Å². The predicted octanol–water partition coefficient (Wildman–Crippen LogP) is 4.02. The summed E-state index contributed by atoms with van der Waals surface area (Å²) >= 11 is 1.92. The summed E-state index contributed by atoms with van der Waals surface area (Å²) in [5, 5.41) is 9.19. The fourth-order valence-electron chi connectivity index (χ4n) is 4.49. The van der Waals surface area contributed by atoms with Gasteiger partial charge in [0.25, 0.3) is 5.91 Å². The molecule has 1 saturated heterocycles. The normalized spacial score (nSPS) is 19.7. The maximum atomic E-state index is 13.3. The number of anilines is 1. The Bertz CT molecular complexity index is 824. The fraction of sp³-hybridized carbons (Fsp3) is 0.667. The summed E-state index contributed by atoms with van der Waals surface area (Å²) in [7, 11) is 0. The average Bonchev–Trinajstić information content (AvgIpc) is 3.18. The second kappa shape index (κ2) is 8.72. The summed E-state index contributed by atoms with van der Waals surface area (Å²) < 4.78 is 1.90. The predicted molar refractivity (Wildman–Crippen MR) is 116 cm³/mol. The van der Waals surface area contributed by atoms with Gasteiger partial charge in [-0.25, -0.2) is 9.67 Å². The number of pyridine rings is 1. The van der Waals surface area contributed by atoms with Gasteiger partial charge in [0.2, 0.25) is 0 Å². The highest BCUT2D eigenvalue weighted by Crippen LogP contribution is 2.32. The zero-order valence-electron chi connectivity index (χ0n) is 17.0. The Morgan fingerprint density at radius 3 is 2.71 bits per heavy atom. The van der Waals surface area contributed by atoms with Crippen molar-refractivity contribution in [2.45, 2.75) is 58.5 Å². The monoisotopic (exact) mass is 401 g/mol. The Morgan fingerprint density at radius 2 is 2.00 bits per heavy atom. The number of rotatable bonds is 5. The summed E-state index contributed by atoms with van der Waals surface area (Å²) in [5.74, 6) is 2.78. The SMILES string of the molecule is CCn1ncc2c(NC(C)C3CCCCC3)c(C(=O)N3CCSCC3)cnc21. The summed E-state index contributed by atoms with van der Waals surface area (Å²) in [6, 6.07) is 0.333. The van der Waals surface area contributed by atoms with E-state index in [4.69, 9.17) is 0 Å². The van der Waals surface area contributed by atoms with Crippen LogP contribution in [0.2, 0.25) is 0 Å². The zero-order chi connectivity index (χ0) is 19.5. The van der Waals surface area contributed by atoms with Gasteiger partial charge in [0.1, 0.15) is 0 Å². The third-order valence-electron chi connectivity index (χ3n) is 6.22. The molecular weight excluding hydrogens is 370 g/mol. The van der Waals surface area contributed by atoms with Crippen LogP contribution in [0.25, 0.3) is 11.0 Å². The third-order valence-corrected chi connectivity index (χ3v) is 7.17. The molecule has 2 fully saturated rings. The number of hydrogen-bond acceptors (Lipinski definition) is 5. The Hall–Kier alpha value is -1.76. The molecule has 6 nitrogen and oxygen atoms in total. The number of thioether (sulfide) groups is 1. The van der Waals surface area contributed by atoms with Crippen LogP contribution in [0, 0.1) is 5.92 Å². The minimum atomic E-state index is 0.0947. The third kappa shape index (κ3) is 3.86. The molecule has 0 spiro atoms. The van der Waals surface area contributed by atoms with Crippen molar-refractivity contribution in [2.24, 2.45) is 5.92 Å². The molecule has 1 atom stereocenters. The number of hydrogen-bond donors (Lipinski definition) is 1. The van der Waals surface area contributed by atoms with E-state index in [1.54, 1.807) is 6.20 Å². The van der Waals surface area contributed by atoms with Crippen molar-refractivity contribution < 1.29 is 4.79 Å². The molecule has 1 saturated carbocycles. The Morgan fingerprint density at radius 1 is 1.25 bits per heavy atom. The standard InChI is InChI=1S/C21H31N5OS/c1-3-26-20-17(14-23-26)19(24-15(2)16-7-5-4-6-8-16)18(13-22-20)21(27)25-9-11-28-12-10-25/h13-16H,3-12H2,1-2H3,(H,22,24). The molecule has 2 aromatic heterocycles. The first-order valence-electron chi connectivity index (χ1n) is 10.7. The molecule has 1 aliphatic carbocycles. The molecule has 2 aliphatic rings. The summed E-state index contributed by atoms with van der Waals surface area (Å²) in [6.07, 6.45) is 10.1. The second-order valence-corrected chi connectivity index (χ2v) is 9.20. The zero-order valence-corrected chi connectivity index (χ0v) is 17.8. The molecule has 28 heavy (non-hydrogen) atoms. The van der Waals surface area contributed by atoms with Crippen molar-refractivity contribution in [1.82, 2.24) is 19.7 Å². The topological polar surface area (TPSA) is 63.1 Å². The van der Waals surface area contributed by atoms with E-state index in [0.29, 0.717) is 17.5 Å². The number of nitrogens with one attached hydrogen (secondary N) is 1. The average molecular weight is 402 g/mol. The smallest absolute Gasteiger partial charge is 0.257 e. The Kier molecular flexibility index (Phi) is 6.09. The van der Waals surface area contributed by atoms with Crippen molar-refractivity contribution in [3.63, 3.8) is 0 Å². The maximum Gasteiger partial charge on any atom is 0.257 e. The number of amides is 1. The number of carbonyl (C=O) groups is 1. The summed E-state index contributed by atoms with van der Waals surface area (Å²) in [4.78, 5) is 19.9. The van der Waals surface area contributed by atoms with Crippen LogP contribution in [0.5, 0.6) is 0 Å². The minimum absolute atomic E-state index is 0.0947. The molecule has 0 bridgehead atoms. The minimum Gasteiger partial charge on any atom is -0.381 e. The quantitative estimate of drug-likeness (QED) is 0.820. The van der Waals surface area contributed by atoms with Crippen molar-refractivity contribution >= 4 is 34.4 Å². The lowest BCUT2D eigenvalue weighted by molar-refractivity contribution is 0.0773. The van der Waals surface area contributed by atoms with E-state index in [-0.39, 0.29) is 5.91 Å². The van der Waals surface area contributed by atoms with Crippen molar-refractivity contribution in [1.29, 1.82) is 0 Å². The van der Waals surface area contributed by atoms with Gasteiger partial charge in [-0.2, -0.15) is 16.9 Å². The summed E-state index contributed by atoms with van der Waals surface area (Å²) in [5.41, 5.74) is 2.47. The molecule has 0 radical (unpaired) electrons. The van der Waals surface area contributed by atoms with E-state index in [1.807, 2.05) is 27.5 Å². The van der Waals surface area contributed by atoms with Gasteiger partial charge in [0.15, 0.2) is 5.65 Å². The van der Waals surface area contributed by atoms with Crippen LogP contribution in [-0.4, -0.2) is 56.2 Å². The van der Waals surface area contributed by atoms with Gasteiger partial charge in [-0.1, -0.05) is 19.3 Å². The van der Waals surface area contributed by atoms with Crippen LogP contribution in [0.3, 0.4) is 0 Å². The first kappa shape index (κ1) is 19.6. The van der Waals surface area contributed by atoms with Crippen LogP contribution in [0.1, 0.15) is 56.3 Å². The number of nitrogens with zero attached hydrogens (tertiary/aromatic N) is 4. The number of fused-ring (bicyclic) bond motifs is 1. The maximum absolute atomic E-state index is 13.3. The van der Waals surface area contributed by atoms with Gasteiger partial charge >= 0.3 is 0 Å².